The van der Waals surface area contributed by atoms with Gasteiger partial charge in [-0.1, -0.05) is 27.7 Å². The molecule has 0 bridgehead atoms. The molecule has 0 spiro atoms. The van der Waals surface area contributed by atoms with Gasteiger partial charge < -0.3 is 19.6 Å². The van der Waals surface area contributed by atoms with Gasteiger partial charge in [-0.05, 0) is 43.7 Å². The number of aromatic nitrogens is 4. The number of pyridine rings is 2. The lowest BCUT2D eigenvalue weighted by Gasteiger charge is -2.26. The second-order valence-electron chi connectivity index (χ2n) is 8.94. The molecule has 0 fully saturated rings. The second-order valence-corrected chi connectivity index (χ2v) is 10.7. The summed E-state index contributed by atoms with van der Waals surface area (Å²) in [5, 5.41) is 6.12. The van der Waals surface area contributed by atoms with Crippen LogP contribution in [0.15, 0.2) is 37.0 Å². The third kappa shape index (κ3) is 6.74. The molecule has 0 amide bonds. The van der Waals surface area contributed by atoms with Crippen LogP contribution in [0.4, 0.5) is 32.2 Å². The predicted molar refractivity (Wildman–Crippen MR) is 137 cm³/mol. The van der Waals surface area contributed by atoms with Crippen molar-refractivity contribution in [2.75, 3.05) is 12.8 Å². The van der Waals surface area contributed by atoms with Crippen molar-refractivity contribution in [3.05, 3.63) is 48.1 Å². The molecule has 16 heteroatoms. The maximum absolute atomic E-state index is 13.2. The predicted octanol–water partition coefficient (Wildman–Crippen LogP) is 6.21. The van der Waals surface area contributed by atoms with Gasteiger partial charge >= 0.3 is 12.4 Å². The summed E-state index contributed by atoms with van der Waals surface area (Å²) in [6.07, 6.45) is -6.80. The summed E-state index contributed by atoms with van der Waals surface area (Å²) < 4.78 is 85.1. The van der Waals surface area contributed by atoms with E-state index >= 15 is 0 Å². The van der Waals surface area contributed by atoms with Crippen molar-refractivity contribution in [3.63, 3.8) is 0 Å². The van der Waals surface area contributed by atoms with Crippen LogP contribution in [-0.2, 0) is 0 Å². The van der Waals surface area contributed by atoms with Crippen LogP contribution in [0.5, 0.6) is 5.75 Å². The van der Waals surface area contributed by atoms with E-state index < -0.39 is 47.4 Å². The van der Waals surface area contributed by atoms with Crippen molar-refractivity contribution in [3.8, 4) is 5.75 Å². The number of methoxy groups -OCH3 is 1. The minimum atomic E-state index is -4.54. The number of fused-ring (bicyclic) bond motifs is 1. The fourth-order valence-electron chi connectivity index (χ4n) is 3.92. The first-order valence-electron chi connectivity index (χ1n) is 11.0. The minimum absolute atomic E-state index is 0.0470. The number of nitrogens with one attached hydrogen (secondary N) is 1. The minimum Gasteiger partial charge on any atom is -0.495 e. The van der Waals surface area contributed by atoms with Gasteiger partial charge in [0.15, 0.2) is 5.82 Å². The van der Waals surface area contributed by atoms with Crippen LogP contribution in [0, 0.1) is 11.8 Å². The van der Waals surface area contributed by atoms with Gasteiger partial charge in [0.25, 0.3) is 11.1 Å². The zero-order valence-electron chi connectivity index (χ0n) is 20.7. The summed E-state index contributed by atoms with van der Waals surface area (Å²) in [6.45, 7) is 5.65. The van der Waals surface area contributed by atoms with Crippen molar-refractivity contribution >= 4 is 48.6 Å². The number of alkyl halides is 6. The first-order valence-corrected chi connectivity index (χ1v) is 12.5. The fraction of sp³-hybridized carbons (Fsp3) is 0.500. The molecule has 3 aromatic heterocycles. The van der Waals surface area contributed by atoms with Crippen molar-refractivity contribution in [2.45, 2.75) is 52.1 Å². The Labute approximate surface area is 229 Å². The Balaban J connectivity index is 0.000000269. The Bertz CT molecular complexity index is 1400. The van der Waals surface area contributed by atoms with E-state index in [-0.39, 0.29) is 22.5 Å². The molecule has 8 nitrogen and oxygen atoms in total. The fourth-order valence-corrected chi connectivity index (χ4v) is 4.92. The molecule has 0 radical (unpaired) electrons. The topological polar surface area (TPSA) is 108 Å². The van der Waals surface area contributed by atoms with Gasteiger partial charge in [0.2, 0.25) is 0 Å². The van der Waals surface area contributed by atoms with Crippen LogP contribution in [0.3, 0.4) is 0 Å². The van der Waals surface area contributed by atoms with Crippen LogP contribution < -0.4 is 21.6 Å². The van der Waals surface area contributed by atoms with E-state index in [0.29, 0.717) is 18.1 Å². The van der Waals surface area contributed by atoms with Gasteiger partial charge in [-0.3, -0.25) is 14.7 Å². The summed E-state index contributed by atoms with van der Waals surface area (Å²) in [5.41, 5.74) is 4.27. The molecule has 0 aliphatic heterocycles. The maximum atomic E-state index is 13.2. The number of aromatic amines is 1. The molecule has 212 valence electrons. The number of halogens is 8. The number of H-pyrrole nitrogens is 1. The van der Waals surface area contributed by atoms with Gasteiger partial charge in [-0.25, -0.2) is 0 Å². The van der Waals surface area contributed by atoms with Crippen LogP contribution >= 0.6 is 31.9 Å². The third-order valence-electron chi connectivity index (χ3n) is 5.48. The van der Waals surface area contributed by atoms with Gasteiger partial charge in [-0.15, -0.1) is 0 Å². The summed E-state index contributed by atoms with van der Waals surface area (Å²) in [5.74, 6) is -1.46. The van der Waals surface area contributed by atoms with Crippen molar-refractivity contribution < 1.29 is 31.1 Å². The number of nitrogens with two attached hydrogens (primary N) is 1. The summed E-state index contributed by atoms with van der Waals surface area (Å²) in [4.78, 5) is 24.0. The first-order chi connectivity index (χ1) is 17.3. The number of hydrogen-bond donors (Lipinski definition) is 2. The number of nitrogens with zero attached hydrogens (tertiary/aromatic N) is 3. The van der Waals surface area contributed by atoms with E-state index in [0.717, 1.165) is 18.5 Å². The molecule has 3 rings (SSSR count). The molecule has 2 unspecified atom stereocenters. The normalized spacial score (nSPS) is 14.0. The quantitative estimate of drug-likeness (QED) is 0.312. The van der Waals surface area contributed by atoms with Crippen LogP contribution in [0.1, 0.15) is 39.8 Å². The van der Waals surface area contributed by atoms with Crippen LogP contribution in [-0.4, -0.2) is 38.8 Å². The average Bonchev–Trinajstić information content (AvgIpc) is 3.14. The van der Waals surface area contributed by atoms with Crippen LogP contribution in [0.25, 0.3) is 10.9 Å². The molecule has 0 aliphatic rings. The highest BCUT2D eigenvalue weighted by molar-refractivity contribution is 9.11. The number of anilines is 1. The monoisotopic (exact) mass is 679 g/mol. The van der Waals surface area contributed by atoms with E-state index in [4.69, 9.17) is 10.5 Å². The molecule has 3 heterocycles. The number of hydrogen-bond acceptors (Lipinski definition) is 5. The summed E-state index contributed by atoms with van der Waals surface area (Å²) >= 11 is 6.20. The highest BCUT2D eigenvalue weighted by atomic mass is 79.9. The Morgan fingerprint density at radius 1 is 0.921 bits per heavy atom. The second kappa shape index (κ2) is 11.7. The lowest BCUT2D eigenvalue weighted by molar-refractivity contribution is -0.179. The Hall–Kier alpha value is -2.49. The zero-order chi connectivity index (χ0) is 29.3. The van der Waals surface area contributed by atoms with Gasteiger partial charge in [0.1, 0.15) is 23.2 Å². The van der Waals surface area contributed by atoms with Crippen molar-refractivity contribution in [1.29, 1.82) is 0 Å². The molecular weight excluding hydrogens is 656 g/mol. The average molecular weight is 681 g/mol. The first kappa shape index (κ1) is 31.7. The number of ether oxygens (including phenoxy) is 1. The summed E-state index contributed by atoms with van der Waals surface area (Å²) in [6, 6.07) is -2.75. The van der Waals surface area contributed by atoms with Gasteiger partial charge in [0, 0.05) is 18.5 Å². The summed E-state index contributed by atoms with van der Waals surface area (Å²) in [7, 11) is 1.34. The molecule has 0 aromatic carbocycles. The smallest absolute Gasteiger partial charge is 0.409 e. The van der Waals surface area contributed by atoms with E-state index in [1.807, 2.05) is 0 Å². The Kier molecular flexibility index (Phi) is 9.78. The number of rotatable bonds is 5. The highest BCUT2D eigenvalue weighted by Gasteiger charge is 2.44. The van der Waals surface area contributed by atoms with E-state index in [2.05, 4.69) is 42.1 Å². The molecular formula is C22H25Br2F6N5O3. The Morgan fingerprint density at radius 3 is 1.84 bits per heavy atom. The van der Waals surface area contributed by atoms with Crippen LogP contribution in [0.2, 0.25) is 0 Å². The molecule has 2 atom stereocenters. The molecule has 3 aromatic rings. The third-order valence-corrected chi connectivity index (χ3v) is 6.68. The van der Waals surface area contributed by atoms with Crippen molar-refractivity contribution in [1.82, 2.24) is 19.3 Å². The van der Waals surface area contributed by atoms with E-state index in [9.17, 15) is 35.9 Å². The SMILES string of the molecule is CC(C)C(n1cc(Br)c2[nH]nc(N)c2c1=O)C(F)(F)F.COc1cc(=O)n(C(C(C)C)C(F)(F)F)cc1Br. The van der Waals surface area contributed by atoms with Crippen molar-refractivity contribution in [2.24, 2.45) is 11.8 Å². The molecule has 0 saturated carbocycles. The molecule has 38 heavy (non-hydrogen) atoms. The zero-order valence-corrected chi connectivity index (χ0v) is 23.9. The lowest BCUT2D eigenvalue weighted by Crippen LogP contribution is -2.37. The van der Waals surface area contributed by atoms with Gasteiger partial charge in [-0.2, -0.15) is 31.4 Å². The maximum Gasteiger partial charge on any atom is 0.409 e. The lowest BCUT2D eigenvalue weighted by atomic mass is 10.0. The Morgan fingerprint density at radius 2 is 1.39 bits per heavy atom. The largest absolute Gasteiger partial charge is 0.495 e. The number of nitrogen functional groups attached to an aromatic ring is 1. The highest BCUT2D eigenvalue weighted by Crippen LogP contribution is 2.38. The molecule has 0 aliphatic carbocycles. The van der Waals surface area contributed by atoms with E-state index in [1.165, 1.54) is 34.8 Å². The molecule has 3 N–H and O–H groups in total. The standard InChI is InChI=1S/C11H12BrF3N4O.C11H13BrF3NO2/c1-4(2)8(11(13,14)15)19-3-5(12)7-6(10(19)20)9(16)18-17-7;1-6(2)10(11(13,14)15)16-5-7(12)8(18-3)4-9(16)17/h3-4,8H,1-2H3,(H3,16,17,18);4-6,10H,1-3H3. The van der Waals surface area contributed by atoms with Gasteiger partial charge in [0.05, 0.1) is 21.6 Å². The molecule has 0 saturated heterocycles. The van der Waals surface area contributed by atoms with E-state index in [1.54, 1.807) is 0 Å².